The van der Waals surface area contributed by atoms with Crippen molar-refractivity contribution in [1.82, 2.24) is 0 Å². The molecule has 1 atom stereocenters. The highest BCUT2D eigenvalue weighted by Gasteiger charge is 2.57. The van der Waals surface area contributed by atoms with Gasteiger partial charge in [-0.15, -0.1) is 0 Å². The Labute approximate surface area is 212 Å². The van der Waals surface area contributed by atoms with Crippen LogP contribution in [0.1, 0.15) is 44.4 Å². The molecule has 2 aromatic carbocycles. The number of fused-ring (bicyclic) bond motifs is 2. The van der Waals surface area contributed by atoms with Crippen LogP contribution in [0.4, 0.5) is 11.4 Å². The molecule has 0 saturated heterocycles. The number of nitriles is 1. The molecule has 2 aliphatic heterocycles. The van der Waals surface area contributed by atoms with Crippen LogP contribution in [0.3, 0.4) is 0 Å². The maximum atomic E-state index is 11.2. The lowest BCUT2D eigenvalue weighted by Crippen LogP contribution is -2.58. The van der Waals surface area contributed by atoms with Gasteiger partial charge in [-0.3, -0.25) is 10.1 Å². The minimum absolute atomic E-state index is 0.0466. The molecule has 0 saturated carbocycles. The molecule has 0 bridgehead atoms. The predicted molar refractivity (Wildman–Crippen MR) is 145 cm³/mol. The molecule has 0 amide bonds. The summed E-state index contributed by atoms with van der Waals surface area (Å²) in [6.07, 6.45) is 15.5. The van der Waals surface area contributed by atoms with Crippen LogP contribution in [0.15, 0.2) is 84.0 Å². The van der Waals surface area contributed by atoms with Crippen LogP contribution in [0.5, 0.6) is 5.75 Å². The first-order chi connectivity index (χ1) is 17.1. The number of likely N-dealkylation sites (N-methyl/N-ethyl adjacent to an activating group) is 1. The highest BCUT2D eigenvalue weighted by Crippen LogP contribution is 2.54. The lowest BCUT2D eigenvalue weighted by Gasteiger charge is -2.45. The molecule has 1 spiro atoms. The molecule has 0 fully saturated rings. The van der Waals surface area contributed by atoms with E-state index in [4.69, 9.17) is 10.00 Å². The first-order valence-electron chi connectivity index (χ1n) is 11.7. The maximum absolute atomic E-state index is 11.2. The van der Waals surface area contributed by atoms with Crippen molar-refractivity contribution in [2.24, 2.45) is 0 Å². The number of nitrogens with zero attached hydrogens (tertiary/aromatic N) is 3. The number of benzene rings is 2. The Morgan fingerprint density at radius 3 is 2.64 bits per heavy atom. The van der Waals surface area contributed by atoms with E-state index < -0.39 is 16.1 Å². The Balaban J connectivity index is 1.62. The van der Waals surface area contributed by atoms with Crippen molar-refractivity contribution < 1.29 is 9.66 Å². The fraction of sp³-hybridized carbons (Fsp3) is 0.233. The van der Waals surface area contributed by atoms with Crippen LogP contribution >= 0.6 is 0 Å². The summed E-state index contributed by atoms with van der Waals surface area (Å²) in [4.78, 5) is 12.9. The van der Waals surface area contributed by atoms with Crippen molar-refractivity contribution >= 4 is 23.5 Å². The molecule has 36 heavy (non-hydrogen) atoms. The number of hydrogen-bond donors (Lipinski definition) is 0. The van der Waals surface area contributed by atoms with Crippen molar-refractivity contribution in [2.75, 3.05) is 11.9 Å². The van der Waals surface area contributed by atoms with Crippen LogP contribution in [-0.4, -0.2) is 17.7 Å². The number of rotatable bonds is 5. The molecule has 0 radical (unpaired) electrons. The molecule has 6 nitrogen and oxygen atoms in total. The second-order valence-corrected chi connectivity index (χ2v) is 9.69. The van der Waals surface area contributed by atoms with E-state index in [1.165, 1.54) is 17.7 Å². The molecule has 182 valence electrons. The van der Waals surface area contributed by atoms with Gasteiger partial charge in [-0.05, 0) is 74.7 Å². The normalized spacial score (nSPS) is 20.5. The predicted octanol–water partition coefficient (Wildman–Crippen LogP) is 7.11. The van der Waals surface area contributed by atoms with E-state index in [2.05, 4.69) is 49.1 Å². The number of hydrogen-bond acceptors (Lipinski definition) is 5. The molecule has 2 heterocycles. The number of ether oxygens (including phenoxy) is 1. The van der Waals surface area contributed by atoms with E-state index in [0.717, 1.165) is 22.4 Å². The Hall–Kier alpha value is -4.37. The highest BCUT2D eigenvalue weighted by molar-refractivity contribution is 5.74. The first-order valence-corrected chi connectivity index (χ1v) is 11.7. The van der Waals surface area contributed by atoms with Gasteiger partial charge in [0.15, 0.2) is 0 Å². The quantitative estimate of drug-likeness (QED) is 0.198. The smallest absolute Gasteiger partial charge is 0.270 e. The van der Waals surface area contributed by atoms with E-state index in [0.29, 0.717) is 11.3 Å². The zero-order valence-corrected chi connectivity index (χ0v) is 21.1. The third kappa shape index (κ3) is 4.25. The Kier molecular flexibility index (Phi) is 6.43. The number of allylic oxidation sites excluding steroid dienone is 7. The van der Waals surface area contributed by atoms with Crippen LogP contribution in [-0.2, 0) is 5.41 Å². The molecular formula is C30H29N3O3. The minimum Gasteiger partial charge on any atom is -0.463 e. The standard InChI is InChI=1S/C30H29N3O3/c1-21(7-6-8-22(2)16-18-31)9-10-23-11-13-27-26(19-23)29(3,4)30(32(27)5)17-15-24-20-25(33(34)35)12-14-28(24)36-30/h6-17,19-20H,1-5H3/b8-6+,10-9+,21-7+,22-16+. The van der Waals surface area contributed by atoms with Gasteiger partial charge < -0.3 is 9.64 Å². The van der Waals surface area contributed by atoms with E-state index in [1.54, 1.807) is 12.1 Å². The van der Waals surface area contributed by atoms with Gasteiger partial charge in [-0.2, -0.15) is 5.26 Å². The Bertz CT molecular complexity index is 1420. The van der Waals surface area contributed by atoms with Crippen molar-refractivity contribution in [3.63, 3.8) is 0 Å². The molecule has 6 heteroatoms. The summed E-state index contributed by atoms with van der Waals surface area (Å²) in [6, 6.07) is 13.1. The second-order valence-electron chi connectivity index (χ2n) is 9.69. The fourth-order valence-corrected chi connectivity index (χ4v) is 4.82. The van der Waals surface area contributed by atoms with Gasteiger partial charge >= 0.3 is 0 Å². The molecule has 4 rings (SSSR count). The number of anilines is 1. The van der Waals surface area contributed by atoms with Crippen molar-refractivity contribution in [3.8, 4) is 11.8 Å². The lowest BCUT2D eigenvalue weighted by molar-refractivity contribution is -0.384. The summed E-state index contributed by atoms with van der Waals surface area (Å²) in [7, 11) is 2.02. The summed E-state index contributed by atoms with van der Waals surface area (Å²) in [5, 5.41) is 19.9. The molecule has 0 aromatic heterocycles. The summed E-state index contributed by atoms with van der Waals surface area (Å²) < 4.78 is 6.60. The third-order valence-electron chi connectivity index (χ3n) is 6.96. The van der Waals surface area contributed by atoms with E-state index in [9.17, 15) is 10.1 Å². The van der Waals surface area contributed by atoms with E-state index in [1.807, 2.05) is 57.3 Å². The van der Waals surface area contributed by atoms with Gasteiger partial charge in [-0.1, -0.05) is 42.0 Å². The minimum atomic E-state index is -0.754. The topological polar surface area (TPSA) is 79.4 Å². The highest BCUT2D eigenvalue weighted by atomic mass is 16.6. The third-order valence-corrected chi connectivity index (χ3v) is 6.96. The molecule has 0 aliphatic carbocycles. The van der Waals surface area contributed by atoms with Crippen LogP contribution in [0.25, 0.3) is 12.2 Å². The maximum Gasteiger partial charge on any atom is 0.270 e. The van der Waals surface area contributed by atoms with Crippen LogP contribution in [0, 0.1) is 21.4 Å². The van der Waals surface area contributed by atoms with Gasteiger partial charge in [0, 0.05) is 36.5 Å². The fourth-order valence-electron chi connectivity index (χ4n) is 4.82. The van der Waals surface area contributed by atoms with Gasteiger partial charge in [0.05, 0.1) is 16.4 Å². The zero-order valence-electron chi connectivity index (χ0n) is 21.1. The summed E-state index contributed by atoms with van der Waals surface area (Å²) in [5.41, 5.74) is 4.94. The molecule has 0 N–H and O–H groups in total. The van der Waals surface area contributed by atoms with E-state index >= 15 is 0 Å². The largest absolute Gasteiger partial charge is 0.463 e. The second kappa shape index (κ2) is 9.35. The van der Waals surface area contributed by atoms with Gasteiger partial charge in [0.1, 0.15) is 5.75 Å². The van der Waals surface area contributed by atoms with Crippen LogP contribution < -0.4 is 9.64 Å². The van der Waals surface area contributed by atoms with Gasteiger partial charge in [-0.25, -0.2) is 0 Å². The molecule has 1 unspecified atom stereocenters. The molecular weight excluding hydrogens is 450 g/mol. The van der Waals surface area contributed by atoms with Gasteiger partial charge in [0.25, 0.3) is 5.69 Å². The van der Waals surface area contributed by atoms with Crippen LogP contribution in [0.2, 0.25) is 0 Å². The summed E-state index contributed by atoms with van der Waals surface area (Å²) in [6.45, 7) is 8.25. The molecule has 2 aliphatic rings. The number of nitro groups is 1. The SMILES string of the molecule is CC(/C=C/C=C(C)/C=C/c1ccc2c(c1)C(C)(C)C1(C=Cc3cc([N+](=O)[O-])ccc3O1)N2C)=C\C#N. The van der Waals surface area contributed by atoms with Crippen molar-refractivity contribution in [3.05, 3.63) is 111 Å². The lowest BCUT2D eigenvalue weighted by atomic mass is 9.76. The summed E-state index contributed by atoms with van der Waals surface area (Å²) in [5.74, 6) is 0.629. The monoisotopic (exact) mass is 479 g/mol. The van der Waals surface area contributed by atoms with Crippen molar-refractivity contribution in [1.29, 1.82) is 5.26 Å². The zero-order chi connectivity index (χ0) is 26.1. The first kappa shape index (κ1) is 24.7. The van der Waals surface area contributed by atoms with E-state index in [-0.39, 0.29) is 5.69 Å². The number of nitro benzene ring substituents is 1. The Morgan fingerprint density at radius 2 is 1.92 bits per heavy atom. The summed E-state index contributed by atoms with van der Waals surface area (Å²) >= 11 is 0. The van der Waals surface area contributed by atoms with Crippen molar-refractivity contribution in [2.45, 2.75) is 38.8 Å². The average Bonchev–Trinajstić information content (AvgIpc) is 3.00. The number of non-ortho nitro benzene ring substituents is 1. The average molecular weight is 480 g/mol. The Morgan fingerprint density at radius 1 is 1.14 bits per heavy atom. The van der Waals surface area contributed by atoms with Gasteiger partial charge in [0.2, 0.25) is 5.72 Å². The molecule has 2 aromatic rings.